The van der Waals surface area contributed by atoms with E-state index in [9.17, 15) is 0 Å². The topological polar surface area (TPSA) is 90.6 Å². The average molecular weight is 578 g/mol. The fourth-order valence-corrected chi connectivity index (χ4v) is 5.36. The molecule has 0 aliphatic heterocycles. The molecular weight excluding hydrogens is 510 g/mol. The van der Waals surface area contributed by atoms with E-state index < -0.39 is 17.7 Å². The van der Waals surface area contributed by atoms with Gasteiger partial charge in [0.25, 0.3) is 11.9 Å². The van der Waals surface area contributed by atoms with Crippen LogP contribution < -0.4 is 5.73 Å². The summed E-state index contributed by atoms with van der Waals surface area (Å²) in [4.78, 5) is 0. The van der Waals surface area contributed by atoms with Crippen LogP contribution in [0.2, 0.25) is 0 Å². The molecule has 8 nitrogen and oxygen atoms in total. The lowest BCUT2D eigenvalue weighted by molar-refractivity contribution is -0.408. The van der Waals surface area contributed by atoms with Gasteiger partial charge in [0.2, 0.25) is 5.79 Å². The number of nitrogens with two attached hydrogens (primary N) is 1. The molecule has 0 radical (unpaired) electrons. The second-order valence-corrected chi connectivity index (χ2v) is 10.2. The Morgan fingerprint density at radius 1 is 0.350 bits per heavy atom. The van der Waals surface area contributed by atoms with Gasteiger partial charge in [0.1, 0.15) is 0 Å². The second kappa shape index (κ2) is 25.2. The third-order valence-corrected chi connectivity index (χ3v) is 7.09. The van der Waals surface area contributed by atoms with Gasteiger partial charge in [-0.2, -0.15) is 0 Å². The normalized spacial score (nSPS) is 12.9. The molecule has 0 rings (SSSR count). The molecule has 0 aliphatic carbocycles. The molecule has 8 heteroatoms. The number of ether oxygens (including phenoxy) is 7. The molecule has 0 fully saturated rings. The monoisotopic (exact) mass is 577 g/mol. The fraction of sp³-hybridized carbons (Fsp3) is 1.00. The van der Waals surface area contributed by atoms with E-state index in [1.54, 1.807) is 0 Å². The smallest absolute Gasteiger partial charge is 0.282 e. The maximum Gasteiger partial charge on any atom is 0.282 e. The third kappa shape index (κ3) is 15.8. The van der Waals surface area contributed by atoms with Crippen LogP contribution >= 0.6 is 0 Å². The Morgan fingerprint density at radius 3 is 0.925 bits per heavy atom. The van der Waals surface area contributed by atoms with Gasteiger partial charge in [0.15, 0.2) is 0 Å². The third-order valence-electron chi connectivity index (χ3n) is 7.09. The van der Waals surface area contributed by atoms with Crippen molar-refractivity contribution in [2.45, 2.75) is 162 Å². The number of hydrogen-bond donors (Lipinski definition) is 1. The first-order chi connectivity index (χ1) is 19.4. The summed E-state index contributed by atoms with van der Waals surface area (Å²) < 4.78 is 41.3. The van der Waals surface area contributed by atoms with Crippen molar-refractivity contribution in [3.8, 4) is 0 Å². The quantitative estimate of drug-likeness (QED) is 0.0653. The lowest BCUT2D eigenvalue weighted by Gasteiger charge is -2.45. The lowest BCUT2D eigenvalue weighted by Crippen LogP contribution is -2.66. The van der Waals surface area contributed by atoms with Crippen LogP contribution in [0.3, 0.4) is 0 Å². The molecule has 0 bridgehead atoms. The predicted octanol–water partition coefficient (Wildman–Crippen LogP) is 8.06. The number of unbranched alkanes of at least 4 members (excludes halogenated alkanes) is 12. The minimum Gasteiger partial charge on any atom is -0.344 e. The van der Waals surface area contributed by atoms with Crippen LogP contribution in [0.25, 0.3) is 0 Å². The Bertz CT molecular complexity index is 520. The highest BCUT2D eigenvalue weighted by atomic mass is 16.9. The summed E-state index contributed by atoms with van der Waals surface area (Å²) in [6, 6.07) is 0. The first-order valence-corrected chi connectivity index (χ1v) is 16.6. The van der Waals surface area contributed by atoms with E-state index in [1.165, 1.54) is 64.2 Å². The van der Waals surface area contributed by atoms with Crippen LogP contribution in [0, 0.1) is 0 Å². The summed E-state index contributed by atoms with van der Waals surface area (Å²) in [7, 11) is 0. The van der Waals surface area contributed by atoms with Gasteiger partial charge in [0.05, 0.1) is 0 Å². The van der Waals surface area contributed by atoms with Gasteiger partial charge in [0, 0.05) is 59.1 Å². The maximum atomic E-state index is 6.57. The van der Waals surface area contributed by atoms with Gasteiger partial charge < -0.3 is 33.2 Å². The van der Waals surface area contributed by atoms with Crippen molar-refractivity contribution < 1.29 is 33.2 Å². The zero-order valence-electron chi connectivity index (χ0n) is 27.5. The van der Waals surface area contributed by atoms with Crippen molar-refractivity contribution in [1.82, 2.24) is 0 Å². The highest BCUT2D eigenvalue weighted by molar-refractivity contribution is 4.85. The van der Waals surface area contributed by atoms with E-state index in [0.717, 1.165) is 25.7 Å². The first-order valence-electron chi connectivity index (χ1n) is 16.6. The molecule has 0 aromatic rings. The van der Waals surface area contributed by atoms with Crippen LogP contribution in [-0.2, 0) is 33.2 Å². The summed E-state index contributed by atoms with van der Waals surface area (Å²) in [5, 5.41) is 0. The average Bonchev–Trinajstić information content (AvgIpc) is 2.91. The minimum atomic E-state index is -1.41. The van der Waals surface area contributed by atoms with Crippen molar-refractivity contribution >= 4 is 0 Å². The molecule has 0 saturated heterocycles. The van der Waals surface area contributed by atoms with Gasteiger partial charge >= 0.3 is 0 Å². The van der Waals surface area contributed by atoms with Gasteiger partial charge in [-0.05, 0) is 61.3 Å². The summed E-state index contributed by atoms with van der Waals surface area (Å²) in [6.07, 6.45) is 17.4. The Morgan fingerprint density at radius 2 is 0.625 bits per heavy atom. The molecule has 0 aliphatic rings. The minimum absolute atomic E-state index is 0.427. The van der Waals surface area contributed by atoms with E-state index in [1.807, 2.05) is 48.5 Å². The predicted molar refractivity (Wildman–Crippen MR) is 163 cm³/mol. The molecule has 0 spiro atoms. The molecule has 2 N–H and O–H groups in total. The summed E-state index contributed by atoms with van der Waals surface area (Å²) in [5.41, 5.74) is 6.57. The van der Waals surface area contributed by atoms with E-state index in [0.29, 0.717) is 52.7 Å². The SMILES string of the molecule is CCOC(CCCCCCCCCCCCCCCC(OCC)(OCC)C(N)(OCC)OCC)(OCC)OCC. The molecule has 0 amide bonds. The van der Waals surface area contributed by atoms with Gasteiger partial charge in [-0.1, -0.05) is 70.6 Å². The second-order valence-electron chi connectivity index (χ2n) is 10.2. The van der Waals surface area contributed by atoms with Gasteiger partial charge in [-0.25, -0.2) is 0 Å². The Hall–Kier alpha value is -0.320. The molecule has 0 aromatic carbocycles. The van der Waals surface area contributed by atoms with E-state index in [-0.39, 0.29) is 0 Å². The molecule has 0 aromatic heterocycles. The molecule has 242 valence electrons. The van der Waals surface area contributed by atoms with Gasteiger partial charge in [-0.3, -0.25) is 5.73 Å². The number of rotatable bonds is 31. The summed E-state index contributed by atoms with van der Waals surface area (Å²) >= 11 is 0. The van der Waals surface area contributed by atoms with Crippen LogP contribution in [-0.4, -0.2) is 63.9 Å². The Balaban J connectivity index is 4.08. The van der Waals surface area contributed by atoms with E-state index >= 15 is 0 Å². The molecule has 0 heterocycles. The molecule has 0 saturated carbocycles. The van der Waals surface area contributed by atoms with Crippen LogP contribution in [0.15, 0.2) is 0 Å². The van der Waals surface area contributed by atoms with Gasteiger partial charge in [-0.15, -0.1) is 0 Å². The summed E-state index contributed by atoms with van der Waals surface area (Å²) in [5.74, 6) is -3.36. The van der Waals surface area contributed by atoms with E-state index in [2.05, 4.69) is 0 Å². The lowest BCUT2D eigenvalue weighted by atomic mass is 10.0. The van der Waals surface area contributed by atoms with E-state index in [4.69, 9.17) is 38.9 Å². The van der Waals surface area contributed by atoms with Crippen molar-refractivity contribution in [2.75, 3.05) is 46.2 Å². The first kappa shape index (κ1) is 39.7. The molecule has 40 heavy (non-hydrogen) atoms. The zero-order valence-corrected chi connectivity index (χ0v) is 27.5. The fourth-order valence-electron chi connectivity index (χ4n) is 5.36. The van der Waals surface area contributed by atoms with Crippen LogP contribution in [0.5, 0.6) is 0 Å². The maximum absolute atomic E-state index is 6.57. The van der Waals surface area contributed by atoms with Crippen LogP contribution in [0.4, 0.5) is 0 Å². The Labute approximate surface area is 247 Å². The standard InChI is InChI=1S/C32H67NO7/c1-8-34-30(35-9-2,32(33,39-13-6)40-14-7)28-26-24-22-20-18-16-15-17-19-21-23-25-27-29-31(36-10-3,37-11-4)38-12-5/h8-29,33H2,1-7H3. The highest BCUT2D eigenvalue weighted by Crippen LogP contribution is 2.34. The van der Waals surface area contributed by atoms with Crippen molar-refractivity contribution in [1.29, 1.82) is 0 Å². The van der Waals surface area contributed by atoms with Crippen molar-refractivity contribution in [2.24, 2.45) is 5.73 Å². The van der Waals surface area contributed by atoms with Crippen molar-refractivity contribution in [3.05, 3.63) is 0 Å². The van der Waals surface area contributed by atoms with Crippen LogP contribution in [0.1, 0.15) is 145 Å². The summed E-state index contributed by atoms with van der Waals surface area (Å²) in [6.45, 7) is 17.3. The molecular formula is C32H67NO7. The molecule has 0 atom stereocenters. The zero-order chi connectivity index (χ0) is 30.0. The Kier molecular flexibility index (Phi) is 25.0. The highest BCUT2D eigenvalue weighted by Gasteiger charge is 2.53. The largest absolute Gasteiger partial charge is 0.344 e. The van der Waals surface area contributed by atoms with Crippen molar-refractivity contribution in [3.63, 3.8) is 0 Å². The molecule has 0 unspecified atom stereocenters. The number of hydrogen-bond acceptors (Lipinski definition) is 8.